The first kappa shape index (κ1) is 10.9. The van der Waals surface area contributed by atoms with Crippen LogP contribution in [0.4, 0.5) is 0 Å². The third kappa shape index (κ3) is 5.19. The standard InChI is InChI=1S/C10H20N2S/c1-13-9-4-2-3-7-11-10-6-5-8-12-10/h2-9H2,1H3,(H,11,12). The van der Waals surface area contributed by atoms with Gasteiger partial charge in [0.2, 0.25) is 0 Å². The smallest absolute Gasteiger partial charge is 0.0963 e. The highest BCUT2D eigenvalue weighted by molar-refractivity contribution is 7.98. The van der Waals surface area contributed by atoms with Crippen molar-refractivity contribution in [1.82, 2.24) is 5.32 Å². The minimum Gasteiger partial charge on any atom is -0.374 e. The Morgan fingerprint density at radius 2 is 2.31 bits per heavy atom. The summed E-state index contributed by atoms with van der Waals surface area (Å²) in [6, 6.07) is 0. The van der Waals surface area contributed by atoms with Crippen molar-refractivity contribution in [3.8, 4) is 0 Å². The van der Waals surface area contributed by atoms with Crippen LogP contribution in [0.1, 0.15) is 32.1 Å². The molecule has 1 aliphatic rings. The molecule has 0 atom stereocenters. The van der Waals surface area contributed by atoms with E-state index >= 15 is 0 Å². The number of hydrogen-bond acceptors (Lipinski definition) is 3. The SMILES string of the molecule is CSCCCCCNC1=NCCC1. The van der Waals surface area contributed by atoms with Crippen LogP contribution in [0.25, 0.3) is 0 Å². The van der Waals surface area contributed by atoms with E-state index in [2.05, 4.69) is 16.6 Å². The van der Waals surface area contributed by atoms with E-state index in [0.29, 0.717) is 0 Å². The number of amidine groups is 1. The Morgan fingerprint density at radius 3 is 3.00 bits per heavy atom. The van der Waals surface area contributed by atoms with Gasteiger partial charge in [-0.3, -0.25) is 4.99 Å². The highest BCUT2D eigenvalue weighted by Crippen LogP contribution is 2.03. The molecule has 2 nitrogen and oxygen atoms in total. The summed E-state index contributed by atoms with van der Waals surface area (Å²) >= 11 is 1.94. The lowest BCUT2D eigenvalue weighted by Crippen LogP contribution is -2.22. The highest BCUT2D eigenvalue weighted by atomic mass is 32.2. The van der Waals surface area contributed by atoms with E-state index in [0.717, 1.165) is 13.1 Å². The Kier molecular flexibility index (Phi) is 6.07. The number of rotatable bonds is 6. The summed E-state index contributed by atoms with van der Waals surface area (Å²) < 4.78 is 0. The van der Waals surface area contributed by atoms with Crippen molar-refractivity contribution >= 4 is 17.6 Å². The zero-order valence-electron chi connectivity index (χ0n) is 8.51. The minimum absolute atomic E-state index is 1.04. The topological polar surface area (TPSA) is 24.4 Å². The van der Waals surface area contributed by atoms with Crippen molar-refractivity contribution in [1.29, 1.82) is 0 Å². The second kappa shape index (κ2) is 7.25. The van der Waals surface area contributed by atoms with E-state index < -0.39 is 0 Å². The molecular formula is C10H20N2S. The number of nitrogens with one attached hydrogen (secondary N) is 1. The van der Waals surface area contributed by atoms with Gasteiger partial charge in [0.25, 0.3) is 0 Å². The van der Waals surface area contributed by atoms with Crippen LogP contribution in [0.3, 0.4) is 0 Å². The monoisotopic (exact) mass is 200 g/mol. The molecule has 0 bridgehead atoms. The van der Waals surface area contributed by atoms with Crippen LogP contribution >= 0.6 is 11.8 Å². The maximum Gasteiger partial charge on any atom is 0.0963 e. The molecule has 0 saturated heterocycles. The summed E-state index contributed by atoms with van der Waals surface area (Å²) in [5.41, 5.74) is 0. The van der Waals surface area contributed by atoms with Crippen molar-refractivity contribution in [2.75, 3.05) is 25.1 Å². The van der Waals surface area contributed by atoms with E-state index in [4.69, 9.17) is 0 Å². The van der Waals surface area contributed by atoms with Gasteiger partial charge in [0.1, 0.15) is 0 Å². The summed E-state index contributed by atoms with van der Waals surface area (Å²) in [4.78, 5) is 4.37. The molecule has 0 aromatic heterocycles. The molecule has 0 fully saturated rings. The Bertz CT molecular complexity index is 157. The largest absolute Gasteiger partial charge is 0.374 e. The van der Waals surface area contributed by atoms with Gasteiger partial charge in [0.15, 0.2) is 0 Å². The number of unbranched alkanes of at least 4 members (excludes halogenated alkanes) is 2. The molecule has 0 aromatic carbocycles. The predicted molar refractivity (Wildman–Crippen MR) is 61.8 cm³/mol. The van der Waals surface area contributed by atoms with Gasteiger partial charge in [-0.15, -0.1) is 0 Å². The van der Waals surface area contributed by atoms with Gasteiger partial charge in [-0.25, -0.2) is 0 Å². The molecule has 0 spiro atoms. The number of aliphatic imine (C=N–C) groups is 1. The first-order chi connectivity index (χ1) is 6.43. The maximum absolute atomic E-state index is 4.37. The summed E-state index contributed by atoms with van der Waals surface area (Å²) in [6.45, 7) is 2.15. The fraction of sp³-hybridized carbons (Fsp3) is 0.900. The van der Waals surface area contributed by atoms with E-state index in [-0.39, 0.29) is 0 Å². The third-order valence-corrected chi connectivity index (χ3v) is 2.93. The van der Waals surface area contributed by atoms with Gasteiger partial charge in [0.05, 0.1) is 5.84 Å². The fourth-order valence-corrected chi connectivity index (χ4v) is 1.96. The van der Waals surface area contributed by atoms with Crippen molar-refractivity contribution in [2.45, 2.75) is 32.1 Å². The Hall–Kier alpha value is -0.180. The summed E-state index contributed by atoms with van der Waals surface area (Å²) in [5, 5.41) is 3.40. The van der Waals surface area contributed by atoms with Crippen molar-refractivity contribution in [3.05, 3.63) is 0 Å². The van der Waals surface area contributed by atoms with Crippen molar-refractivity contribution in [3.63, 3.8) is 0 Å². The fourth-order valence-electron chi connectivity index (χ4n) is 1.46. The average molecular weight is 200 g/mol. The summed E-state index contributed by atoms with van der Waals surface area (Å²) in [7, 11) is 0. The second-order valence-electron chi connectivity index (χ2n) is 3.41. The molecule has 76 valence electrons. The third-order valence-electron chi connectivity index (χ3n) is 2.23. The van der Waals surface area contributed by atoms with Crippen LogP contribution < -0.4 is 5.32 Å². The molecule has 13 heavy (non-hydrogen) atoms. The maximum atomic E-state index is 4.37. The highest BCUT2D eigenvalue weighted by Gasteiger charge is 2.03. The number of hydrogen-bond donors (Lipinski definition) is 1. The number of nitrogens with zero attached hydrogens (tertiary/aromatic N) is 1. The molecule has 0 radical (unpaired) electrons. The molecule has 0 unspecified atom stereocenters. The van der Waals surface area contributed by atoms with Crippen LogP contribution in [0.2, 0.25) is 0 Å². The molecule has 0 saturated carbocycles. The minimum atomic E-state index is 1.04. The van der Waals surface area contributed by atoms with Gasteiger partial charge >= 0.3 is 0 Å². The zero-order chi connectivity index (χ0) is 9.36. The molecule has 1 rings (SSSR count). The van der Waals surface area contributed by atoms with E-state index in [1.165, 1.54) is 43.7 Å². The second-order valence-corrected chi connectivity index (χ2v) is 4.40. The molecular weight excluding hydrogens is 180 g/mol. The van der Waals surface area contributed by atoms with Crippen LogP contribution in [0.5, 0.6) is 0 Å². The summed E-state index contributed by atoms with van der Waals surface area (Å²) in [5.74, 6) is 2.55. The van der Waals surface area contributed by atoms with Crippen LogP contribution in [-0.2, 0) is 0 Å². The average Bonchev–Trinajstić information content (AvgIpc) is 2.63. The van der Waals surface area contributed by atoms with Gasteiger partial charge in [-0.05, 0) is 31.3 Å². The van der Waals surface area contributed by atoms with Crippen molar-refractivity contribution in [2.24, 2.45) is 4.99 Å². The predicted octanol–water partition coefficient (Wildman–Crippen LogP) is 2.30. The van der Waals surface area contributed by atoms with Gasteiger partial charge in [-0.1, -0.05) is 6.42 Å². The normalized spacial score (nSPS) is 15.9. The Labute approximate surface area is 85.6 Å². The van der Waals surface area contributed by atoms with Crippen LogP contribution in [-0.4, -0.2) is 30.9 Å². The summed E-state index contributed by atoms with van der Waals surface area (Å²) in [6.07, 6.45) is 8.58. The molecule has 1 N–H and O–H groups in total. The van der Waals surface area contributed by atoms with Crippen LogP contribution in [0, 0.1) is 0 Å². The van der Waals surface area contributed by atoms with Gasteiger partial charge in [-0.2, -0.15) is 11.8 Å². The van der Waals surface area contributed by atoms with E-state index in [1.807, 2.05) is 11.8 Å². The van der Waals surface area contributed by atoms with Crippen molar-refractivity contribution < 1.29 is 0 Å². The van der Waals surface area contributed by atoms with Gasteiger partial charge in [0, 0.05) is 19.5 Å². The first-order valence-electron chi connectivity index (χ1n) is 5.19. The van der Waals surface area contributed by atoms with Gasteiger partial charge < -0.3 is 5.32 Å². The first-order valence-corrected chi connectivity index (χ1v) is 6.59. The Balaban J connectivity index is 1.83. The molecule has 0 aliphatic carbocycles. The molecule has 1 heterocycles. The lowest BCUT2D eigenvalue weighted by atomic mass is 10.2. The molecule has 1 aliphatic heterocycles. The molecule has 0 amide bonds. The molecule has 0 aromatic rings. The van der Waals surface area contributed by atoms with Crippen LogP contribution in [0.15, 0.2) is 4.99 Å². The zero-order valence-corrected chi connectivity index (χ0v) is 9.33. The van der Waals surface area contributed by atoms with E-state index in [9.17, 15) is 0 Å². The quantitative estimate of drug-likeness (QED) is 0.665. The number of thioether (sulfide) groups is 1. The lowest BCUT2D eigenvalue weighted by molar-refractivity contribution is 0.697. The molecule has 3 heteroatoms. The van der Waals surface area contributed by atoms with E-state index in [1.54, 1.807) is 0 Å². The lowest BCUT2D eigenvalue weighted by Gasteiger charge is -2.04. The Morgan fingerprint density at radius 1 is 1.38 bits per heavy atom.